The Labute approximate surface area is 132 Å². The number of anilines is 1. The normalized spacial score (nSPS) is 10.6. The highest BCUT2D eigenvalue weighted by Gasteiger charge is 2.13. The fourth-order valence-electron chi connectivity index (χ4n) is 2.32. The Morgan fingerprint density at radius 1 is 1.09 bits per heavy atom. The second-order valence-electron chi connectivity index (χ2n) is 4.93. The van der Waals surface area contributed by atoms with E-state index >= 15 is 0 Å². The molecule has 3 aromatic rings. The van der Waals surface area contributed by atoms with Crippen LogP contribution in [-0.4, -0.2) is 25.1 Å². The van der Waals surface area contributed by atoms with Crippen molar-refractivity contribution in [2.45, 2.75) is 0 Å². The zero-order chi connectivity index (χ0) is 16.4. The van der Waals surface area contributed by atoms with Crippen LogP contribution in [0.1, 0.15) is 10.5 Å². The van der Waals surface area contributed by atoms with Crippen molar-refractivity contribution in [1.82, 2.24) is 4.98 Å². The lowest BCUT2D eigenvalue weighted by Crippen LogP contribution is -2.13. The first kappa shape index (κ1) is 14.9. The number of ether oxygens (including phenoxy) is 2. The lowest BCUT2D eigenvalue weighted by Gasteiger charge is -2.11. The van der Waals surface area contributed by atoms with Gasteiger partial charge in [0.05, 0.1) is 19.9 Å². The van der Waals surface area contributed by atoms with Gasteiger partial charge in [-0.3, -0.25) is 4.79 Å². The quantitative estimate of drug-likeness (QED) is 0.774. The van der Waals surface area contributed by atoms with Gasteiger partial charge in [-0.2, -0.15) is 0 Å². The highest BCUT2D eigenvalue weighted by atomic mass is 19.1. The molecule has 0 saturated carbocycles. The smallest absolute Gasteiger partial charge is 0.272 e. The third kappa shape index (κ3) is 2.96. The molecule has 2 aromatic carbocycles. The summed E-state index contributed by atoms with van der Waals surface area (Å²) in [4.78, 5) is 15.3. The van der Waals surface area contributed by atoms with E-state index in [9.17, 15) is 9.18 Å². The SMILES string of the molecule is COc1ccc(OC)c(NC(=O)c2cc3ccc(F)cc3[nH]2)c1. The monoisotopic (exact) mass is 314 g/mol. The van der Waals surface area contributed by atoms with Crippen LogP contribution in [0.2, 0.25) is 0 Å². The molecule has 0 atom stereocenters. The fraction of sp³-hybridized carbons (Fsp3) is 0.118. The molecule has 0 fully saturated rings. The minimum absolute atomic E-state index is 0.329. The molecule has 1 aromatic heterocycles. The number of halogens is 1. The molecule has 2 N–H and O–H groups in total. The molecule has 1 amide bonds. The van der Waals surface area contributed by atoms with Crippen molar-refractivity contribution in [1.29, 1.82) is 0 Å². The van der Waals surface area contributed by atoms with Crippen molar-refractivity contribution in [3.05, 3.63) is 54.0 Å². The van der Waals surface area contributed by atoms with E-state index in [1.807, 2.05) is 0 Å². The van der Waals surface area contributed by atoms with Crippen molar-refractivity contribution in [3.8, 4) is 11.5 Å². The van der Waals surface area contributed by atoms with Gasteiger partial charge in [-0.25, -0.2) is 4.39 Å². The molecular weight excluding hydrogens is 299 g/mol. The minimum atomic E-state index is -0.360. The molecule has 0 aliphatic carbocycles. The summed E-state index contributed by atoms with van der Waals surface area (Å²) in [5.74, 6) is 0.398. The third-order valence-electron chi connectivity index (χ3n) is 3.48. The maximum absolute atomic E-state index is 13.2. The van der Waals surface area contributed by atoms with Gasteiger partial charge >= 0.3 is 0 Å². The van der Waals surface area contributed by atoms with E-state index in [4.69, 9.17) is 9.47 Å². The standard InChI is InChI=1S/C17H15FN2O3/c1-22-12-5-6-16(23-2)14(9-12)20-17(21)15-7-10-3-4-11(18)8-13(10)19-15/h3-9,19H,1-2H3,(H,20,21). The van der Waals surface area contributed by atoms with Crippen LogP contribution in [0.3, 0.4) is 0 Å². The molecule has 0 radical (unpaired) electrons. The van der Waals surface area contributed by atoms with E-state index in [1.165, 1.54) is 19.2 Å². The first-order valence-electron chi connectivity index (χ1n) is 6.92. The van der Waals surface area contributed by atoms with Crippen LogP contribution >= 0.6 is 0 Å². The third-order valence-corrected chi connectivity index (χ3v) is 3.48. The van der Waals surface area contributed by atoms with E-state index in [0.29, 0.717) is 28.4 Å². The zero-order valence-corrected chi connectivity index (χ0v) is 12.6. The first-order valence-corrected chi connectivity index (χ1v) is 6.92. The molecular formula is C17H15FN2O3. The molecule has 0 aliphatic heterocycles. The molecule has 6 heteroatoms. The van der Waals surface area contributed by atoms with Gasteiger partial charge in [-0.1, -0.05) is 0 Å². The molecule has 23 heavy (non-hydrogen) atoms. The molecule has 0 bridgehead atoms. The summed E-state index contributed by atoms with van der Waals surface area (Å²) in [7, 11) is 3.06. The number of carbonyl (C=O) groups is 1. The number of hydrogen-bond donors (Lipinski definition) is 2. The van der Waals surface area contributed by atoms with Crippen LogP contribution in [0.5, 0.6) is 11.5 Å². The van der Waals surface area contributed by atoms with Gasteiger partial charge in [0.15, 0.2) is 0 Å². The van der Waals surface area contributed by atoms with E-state index < -0.39 is 0 Å². The van der Waals surface area contributed by atoms with Gasteiger partial charge in [0.2, 0.25) is 0 Å². The predicted molar refractivity (Wildman–Crippen MR) is 85.8 cm³/mol. The number of benzene rings is 2. The molecule has 3 rings (SSSR count). The lowest BCUT2D eigenvalue weighted by atomic mass is 10.2. The average molecular weight is 314 g/mol. The first-order chi connectivity index (χ1) is 11.1. The summed E-state index contributed by atoms with van der Waals surface area (Å²) >= 11 is 0. The van der Waals surface area contributed by atoms with Crippen LogP contribution in [0, 0.1) is 5.82 Å². The highest BCUT2D eigenvalue weighted by Crippen LogP contribution is 2.29. The summed E-state index contributed by atoms with van der Waals surface area (Å²) in [5, 5.41) is 3.52. The number of hydrogen-bond acceptors (Lipinski definition) is 3. The Kier molecular flexibility index (Phi) is 3.89. The summed E-state index contributed by atoms with van der Waals surface area (Å²) in [5.41, 5.74) is 1.38. The number of aromatic nitrogens is 1. The number of fused-ring (bicyclic) bond motifs is 1. The average Bonchev–Trinajstić information content (AvgIpc) is 2.98. The van der Waals surface area contributed by atoms with Gasteiger partial charge in [-0.15, -0.1) is 0 Å². The van der Waals surface area contributed by atoms with Gasteiger partial charge in [0, 0.05) is 17.0 Å². The molecule has 0 unspecified atom stereocenters. The van der Waals surface area contributed by atoms with Gasteiger partial charge in [0.25, 0.3) is 5.91 Å². The Hall–Kier alpha value is -3.02. The lowest BCUT2D eigenvalue weighted by molar-refractivity contribution is 0.102. The van der Waals surface area contributed by atoms with E-state index in [1.54, 1.807) is 37.4 Å². The van der Waals surface area contributed by atoms with Crippen molar-refractivity contribution >= 4 is 22.5 Å². The topological polar surface area (TPSA) is 63.4 Å². The second kappa shape index (κ2) is 6.00. The van der Waals surface area contributed by atoms with Crippen LogP contribution in [0.25, 0.3) is 10.9 Å². The Balaban J connectivity index is 1.91. The number of rotatable bonds is 4. The Morgan fingerprint density at radius 2 is 1.91 bits per heavy atom. The number of carbonyl (C=O) groups excluding carboxylic acids is 1. The number of aromatic amines is 1. The Morgan fingerprint density at radius 3 is 2.65 bits per heavy atom. The number of amides is 1. The van der Waals surface area contributed by atoms with Crippen molar-refractivity contribution < 1.29 is 18.7 Å². The van der Waals surface area contributed by atoms with E-state index in [-0.39, 0.29) is 11.7 Å². The van der Waals surface area contributed by atoms with Gasteiger partial charge in [0.1, 0.15) is 23.0 Å². The highest BCUT2D eigenvalue weighted by molar-refractivity contribution is 6.06. The number of nitrogens with one attached hydrogen (secondary N) is 2. The molecule has 0 spiro atoms. The molecule has 1 heterocycles. The Bertz CT molecular complexity index is 873. The maximum Gasteiger partial charge on any atom is 0.272 e. The summed E-state index contributed by atoms with van der Waals surface area (Å²) in [6.07, 6.45) is 0. The molecule has 0 saturated heterocycles. The van der Waals surface area contributed by atoms with Crippen molar-refractivity contribution in [2.24, 2.45) is 0 Å². The van der Waals surface area contributed by atoms with Crippen molar-refractivity contribution in [2.75, 3.05) is 19.5 Å². The molecule has 118 valence electrons. The predicted octanol–water partition coefficient (Wildman–Crippen LogP) is 3.58. The van der Waals surface area contributed by atoms with Gasteiger partial charge < -0.3 is 19.8 Å². The second-order valence-corrected chi connectivity index (χ2v) is 4.93. The summed E-state index contributed by atoms with van der Waals surface area (Å²) < 4.78 is 23.6. The van der Waals surface area contributed by atoms with Gasteiger partial charge in [-0.05, 0) is 36.4 Å². The molecule has 5 nitrogen and oxygen atoms in total. The van der Waals surface area contributed by atoms with Crippen LogP contribution < -0.4 is 14.8 Å². The minimum Gasteiger partial charge on any atom is -0.497 e. The van der Waals surface area contributed by atoms with Crippen LogP contribution in [-0.2, 0) is 0 Å². The number of methoxy groups -OCH3 is 2. The van der Waals surface area contributed by atoms with E-state index in [0.717, 1.165) is 5.39 Å². The van der Waals surface area contributed by atoms with E-state index in [2.05, 4.69) is 10.3 Å². The van der Waals surface area contributed by atoms with Crippen molar-refractivity contribution in [3.63, 3.8) is 0 Å². The van der Waals surface area contributed by atoms with Crippen LogP contribution in [0.4, 0.5) is 10.1 Å². The van der Waals surface area contributed by atoms with Crippen LogP contribution in [0.15, 0.2) is 42.5 Å². The molecule has 0 aliphatic rings. The largest absolute Gasteiger partial charge is 0.497 e. The maximum atomic E-state index is 13.2. The summed E-state index contributed by atoms with van der Waals surface area (Å²) in [6, 6.07) is 11.1. The zero-order valence-electron chi connectivity index (χ0n) is 12.6. The summed E-state index contributed by atoms with van der Waals surface area (Å²) in [6.45, 7) is 0. The number of H-pyrrole nitrogens is 1. The fourth-order valence-corrected chi connectivity index (χ4v) is 2.32.